The second-order valence-corrected chi connectivity index (χ2v) is 7.09. The van der Waals surface area contributed by atoms with E-state index in [0.29, 0.717) is 6.61 Å². The minimum Gasteiger partial charge on any atom is -0.444 e. The quantitative estimate of drug-likeness (QED) is 0.780. The van der Waals surface area contributed by atoms with Gasteiger partial charge in [-0.1, -0.05) is 6.92 Å². The number of rotatable bonds is 2. The Kier molecular flexibility index (Phi) is 2.41. The van der Waals surface area contributed by atoms with Gasteiger partial charge in [0.25, 0.3) is 5.91 Å². The van der Waals surface area contributed by atoms with E-state index in [1.165, 1.54) is 0 Å². The molecule has 2 aliphatic carbocycles. The number of ether oxygens (including phenoxy) is 2. The molecule has 3 heterocycles. The summed E-state index contributed by atoms with van der Waals surface area (Å²) in [6.45, 7) is 2.88. The van der Waals surface area contributed by atoms with Gasteiger partial charge in [-0.3, -0.25) is 4.79 Å². The molecule has 5 fully saturated rings. The van der Waals surface area contributed by atoms with Crippen LogP contribution in [0.2, 0.25) is 0 Å². The molecule has 3 aliphatic heterocycles. The summed E-state index contributed by atoms with van der Waals surface area (Å²) in [5.74, 6) is -0.0247. The lowest BCUT2D eigenvalue weighted by Gasteiger charge is -2.57. The minimum atomic E-state index is -0.624. The average molecular weight is 280 g/mol. The Bertz CT molecular complexity index is 472. The van der Waals surface area contributed by atoms with Gasteiger partial charge in [0.1, 0.15) is 11.7 Å². The minimum absolute atomic E-state index is 0.0247. The second kappa shape index (κ2) is 3.87. The fourth-order valence-electron chi connectivity index (χ4n) is 4.36. The number of carbonyl (C=O) groups excluding carboxylic acids is 2. The molecule has 0 unspecified atom stereocenters. The van der Waals surface area contributed by atoms with Crippen LogP contribution in [0.4, 0.5) is 4.79 Å². The zero-order valence-electron chi connectivity index (χ0n) is 11.6. The Labute approximate surface area is 117 Å². The van der Waals surface area contributed by atoms with Gasteiger partial charge in [0.2, 0.25) is 0 Å². The smallest absolute Gasteiger partial charge is 0.407 e. The largest absolute Gasteiger partial charge is 0.444 e. The van der Waals surface area contributed by atoms with Gasteiger partial charge >= 0.3 is 6.09 Å². The van der Waals surface area contributed by atoms with E-state index in [2.05, 4.69) is 17.6 Å². The van der Waals surface area contributed by atoms with Gasteiger partial charge in [0.15, 0.2) is 0 Å². The lowest BCUT2D eigenvalue weighted by molar-refractivity contribution is -0.218. The Morgan fingerprint density at radius 1 is 1.40 bits per heavy atom. The Hall–Kier alpha value is -1.30. The summed E-state index contributed by atoms with van der Waals surface area (Å²) in [6.07, 6.45) is 3.63. The van der Waals surface area contributed by atoms with Crippen LogP contribution >= 0.6 is 0 Å². The molecular formula is C14H20N2O4. The molecule has 2 N–H and O–H groups in total. The highest BCUT2D eigenvalue weighted by atomic mass is 16.6. The number of alkyl carbamates (subject to hydrolysis) is 1. The molecule has 4 bridgehead atoms. The lowest BCUT2D eigenvalue weighted by Crippen LogP contribution is -2.66. The molecule has 2 amide bonds. The van der Waals surface area contributed by atoms with Gasteiger partial charge < -0.3 is 20.1 Å². The highest BCUT2D eigenvalue weighted by molar-refractivity contribution is 5.87. The summed E-state index contributed by atoms with van der Waals surface area (Å²) in [7, 11) is 0. The zero-order chi connectivity index (χ0) is 14.0. The van der Waals surface area contributed by atoms with Crippen LogP contribution in [-0.2, 0) is 14.3 Å². The van der Waals surface area contributed by atoms with Gasteiger partial charge in [0.05, 0.1) is 6.04 Å². The highest BCUT2D eigenvalue weighted by Gasteiger charge is 2.61. The van der Waals surface area contributed by atoms with Gasteiger partial charge in [-0.25, -0.2) is 4.79 Å². The van der Waals surface area contributed by atoms with Crippen LogP contribution in [0, 0.1) is 5.41 Å². The average Bonchev–Trinajstić information content (AvgIpc) is 2.63. The third kappa shape index (κ3) is 1.74. The fraction of sp³-hybridized carbons (Fsp3) is 0.857. The Morgan fingerprint density at radius 3 is 2.95 bits per heavy atom. The Morgan fingerprint density at radius 2 is 2.20 bits per heavy atom. The maximum atomic E-state index is 12.5. The van der Waals surface area contributed by atoms with Crippen molar-refractivity contribution in [2.24, 2.45) is 5.41 Å². The van der Waals surface area contributed by atoms with Gasteiger partial charge in [-0.15, -0.1) is 0 Å². The van der Waals surface area contributed by atoms with E-state index in [9.17, 15) is 9.59 Å². The molecule has 0 radical (unpaired) electrons. The summed E-state index contributed by atoms with van der Waals surface area (Å²) in [6, 6.07) is 0.0428. The molecule has 0 spiro atoms. The summed E-state index contributed by atoms with van der Waals surface area (Å²) >= 11 is 0. The molecular weight excluding hydrogens is 260 g/mol. The summed E-state index contributed by atoms with van der Waals surface area (Å²) in [5, 5.41) is 5.83. The van der Waals surface area contributed by atoms with Gasteiger partial charge in [-0.2, -0.15) is 0 Å². The molecule has 6 nitrogen and oxygen atoms in total. The van der Waals surface area contributed by atoms with Crippen molar-refractivity contribution in [3.8, 4) is 0 Å². The van der Waals surface area contributed by atoms with Crippen LogP contribution in [-0.4, -0.2) is 42.4 Å². The first-order chi connectivity index (χ1) is 9.48. The number of hydrogen-bond acceptors (Lipinski definition) is 4. The molecule has 20 heavy (non-hydrogen) atoms. The number of carbonyl (C=O) groups is 2. The topological polar surface area (TPSA) is 76.7 Å². The standard InChI is InChI=1S/C14H20N2O4/c1-13-2-3-19-14(6-13,7-13)11(17)16-9-4-8-5-10(9)20-12(18)15-8/h8-10H,2-7H2,1H3,(H,15,18)(H,16,17)/t8-,9-,10-,13?,14?/m1/s1. The third-order valence-electron chi connectivity index (χ3n) is 5.32. The predicted molar refractivity (Wildman–Crippen MR) is 69.0 cm³/mol. The molecule has 3 atom stereocenters. The molecule has 2 saturated carbocycles. The van der Waals surface area contributed by atoms with Crippen molar-refractivity contribution in [3.63, 3.8) is 0 Å². The van der Waals surface area contributed by atoms with E-state index >= 15 is 0 Å². The molecule has 3 saturated heterocycles. The molecule has 5 aliphatic rings. The maximum Gasteiger partial charge on any atom is 0.407 e. The molecule has 6 heteroatoms. The summed E-state index contributed by atoms with van der Waals surface area (Å²) in [4.78, 5) is 23.8. The van der Waals surface area contributed by atoms with E-state index in [0.717, 1.165) is 32.1 Å². The van der Waals surface area contributed by atoms with Crippen LogP contribution < -0.4 is 10.6 Å². The summed E-state index contributed by atoms with van der Waals surface area (Å²) < 4.78 is 11.0. The lowest BCUT2D eigenvalue weighted by atomic mass is 9.56. The fourth-order valence-corrected chi connectivity index (χ4v) is 4.36. The van der Waals surface area contributed by atoms with Crippen molar-refractivity contribution in [2.75, 3.05) is 6.61 Å². The van der Waals surface area contributed by atoms with Crippen LogP contribution in [0.3, 0.4) is 0 Å². The molecule has 0 aromatic carbocycles. The number of nitrogens with one attached hydrogen (secondary N) is 2. The molecule has 110 valence electrons. The van der Waals surface area contributed by atoms with Crippen molar-refractivity contribution in [1.29, 1.82) is 0 Å². The van der Waals surface area contributed by atoms with Crippen LogP contribution in [0.25, 0.3) is 0 Å². The van der Waals surface area contributed by atoms with Crippen molar-refractivity contribution in [2.45, 2.75) is 62.8 Å². The first-order valence-corrected chi connectivity index (χ1v) is 7.40. The number of fused-ring (bicyclic) bond motifs is 4. The number of hydrogen-bond donors (Lipinski definition) is 2. The van der Waals surface area contributed by atoms with Crippen molar-refractivity contribution in [1.82, 2.24) is 10.6 Å². The molecule has 0 aromatic heterocycles. The van der Waals surface area contributed by atoms with Crippen molar-refractivity contribution in [3.05, 3.63) is 0 Å². The van der Waals surface area contributed by atoms with Crippen LogP contribution in [0.15, 0.2) is 0 Å². The van der Waals surface area contributed by atoms with E-state index in [-0.39, 0.29) is 35.6 Å². The normalized spacial score (nSPS) is 48.9. The van der Waals surface area contributed by atoms with Crippen LogP contribution in [0.1, 0.15) is 39.0 Å². The summed E-state index contributed by atoms with van der Waals surface area (Å²) in [5.41, 5.74) is -0.351. The first kappa shape index (κ1) is 12.4. The third-order valence-corrected chi connectivity index (χ3v) is 5.32. The van der Waals surface area contributed by atoms with E-state index in [1.54, 1.807) is 0 Å². The molecule has 5 rings (SSSR count). The van der Waals surface area contributed by atoms with Gasteiger partial charge in [0, 0.05) is 19.1 Å². The van der Waals surface area contributed by atoms with Crippen molar-refractivity contribution < 1.29 is 19.1 Å². The zero-order valence-corrected chi connectivity index (χ0v) is 11.6. The van der Waals surface area contributed by atoms with Crippen molar-refractivity contribution >= 4 is 12.0 Å². The highest BCUT2D eigenvalue weighted by Crippen LogP contribution is 2.56. The van der Waals surface area contributed by atoms with Gasteiger partial charge in [-0.05, 0) is 31.1 Å². The predicted octanol–water partition coefficient (Wildman–Crippen LogP) is 0.701. The monoisotopic (exact) mass is 280 g/mol. The number of amides is 2. The second-order valence-electron chi connectivity index (χ2n) is 7.09. The van der Waals surface area contributed by atoms with E-state index in [1.807, 2.05) is 0 Å². The van der Waals surface area contributed by atoms with E-state index < -0.39 is 5.60 Å². The SMILES string of the molecule is CC12CCOC(C(=O)N[C@@H]3C[C@@H]4C[C@H]3OC(=O)N4)(C1)C2. The first-order valence-electron chi connectivity index (χ1n) is 7.40. The van der Waals surface area contributed by atoms with E-state index in [4.69, 9.17) is 9.47 Å². The Balaban J connectivity index is 1.43. The molecule has 0 aromatic rings. The maximum absolute atomic E-state index is 12.5. The van der Waals surface area contributed by atoms with Crippen LogP contribution in [0.5, 0.6) is 0 Å².